The van der Waals surface area contributed by atoms with Crippen LogP contribution in [0.3, 0.4) is 0 Å². The summed E-state index contributed by atoms with van der Waals surface area (Å²) >= 11 is 0. The highest BCUT2D eigenvalue weighted by Crippen LogP contribution is 2.32. The first kappa shape index (κ1) is 21.7. The lowest BCUT2D eigenvalue weighted by molar-refractivity contribution is -0.120. The van der Waals surface area contributed by atoms with Gasteiger partial charge >= 0.3 is 0 Å². The molecular formula is C24H24N2O5S. The number of sulfonamides is 1. The van der Waals surface area contributed by atoms with Gasteiger partial charge in [0.15, 0.2) is 11.5 Å². The highest BCUT2D eigenvalue weighted by Gasteiger charge is 2.27. The van der Waals surface area contributed by atoms with Crippen LogP contribution in [0.1, 0.15) is 18.5 Å². The monoisotopic (exact) mass is 452 g/mol. The first-order valence-corrected chi connectivity index (χ1v) is 11.7. The molecule has 0 spiro atoms. The predicted octanol–water partition coefficient (Wildman–Crippen LogP) is 3.53. The highest BCUT2D eigenvalue weighted by molar-refractivity contribution is 7.92. The number of benzene rings is 3. The maximum absolute atomic E-state index is 13.3. The van der Waals surface area contributed by atoms with E-state index >= 15 is 0 Å². The van der Waals surface area contributed by atoms with Crippen molar-refractivity contribution in [2.45, 2.75) is 17.9 Å². The zero-order valence-corrected chi connectivity index (χ0v) is 18.4. The van der Waals surface area contributed by atoms with Gasteiger partial charge < -0.3 is 14.8 Å². The number of nitrogens with one attached hydrogen (secondary N) is 1. The molecule has 3 aromatic rings. The number of rotatable bonds is 7. The number of fused-ring (bicyclic) bond motifs is 1. The van der Waals surface area contributed by atoms with Gasteiger partial charge in [-0.3, -0.25) is 9.10 Å². The first-order valence-electron chi connectivity index (χ1n) is 10.3. The van der Waals surface area contributed by atoms with Crippen molar-refractivity contribution in [3.05, 3.63) is 84.4 Å². The zero-order valence-electron chi connectivity index (χ0n) is 17.6. The number of carbonyl (C=O) groups excluding carboxylic acids is 1. The first-order chi connectivity index (χ1) is 15.4. The predicted molar refractivity (Wildman–Crippen MR) is 121 cm³/mol. The fourth-order valence-electron chi connectivity index (χ4n) is 3.46. The van der Waals surface area contributed by atoms with Crippen LogP contribution in [0.4, 0.5) is 5.69 Å². The van der Waals surface area contributed by atoms with Crippen LogP contribution in [-0.4, -0.2) is 34.1 Å². The van der Waals surface area contributed by atoms with Crippen LogP contribution in [0.15, 0.2) is 83.8 Å². The number of hydrogen-bond acceptors (Lipinski definition) is 5. The number of carbonyl (C=O) groups is 1. The highest BCUT2D eigenvalue weighted by atomic mass is 32.2. The smallest absolute Gasteiger partial charge is 0.264 e. The van der Waals surface area contributed by atoms with Crippen molar-refractivity contribution >= 4 is 21.6 Å². The van der Waals surface area contributed by atoms with E-state index in [1.807, 2.05) is 25.1 Å². The Morgan fingerprint density at radius 1 is 0.938 bits per heavy atom. The number of ether oxygens (including phenoxy) is 2. The third-order valence-electron chi connectivity index (χ3n) is 5.11. The Morgan fingerprint density at radius 3 is 2.25 bits per heavy atom. The van der Waals surface area contributed by atoms with Crippen molar-refractivity contribution in [2.24, 2.45) is 0 Å². The second kappa shape index (κ2) is 9.32. The summed E-state index contributed by atoms with van der Waals surface area (Å²) in [5, 5.41) is 2.89. The Balaban J connectivity index is 1.54. The summed E-state index contributed by atoms with van der Waals surface area (Å²) in [4.78, 5) is 13.0. The molecule has 1 heterocycles. The summed E-state index contributed by atoms with van der Waals surface area (Å²) in [6.45, 7) is 2.46. The number of amides is 1. The second-order valence-electron chi connectivity index (χ2n) is 7.35. The molecule has 32 heavy (non-hydrogen) atoms. The van der Waals surface area contributed by atoms with E-state index in [1.54, 1.807) is 48.5 Å². The molecule has 1 aliphatic heterocycles. The van der Waals surface area contributed by atoms with Gasteiger partial charge in [-0.25, -0.2) is 8.42 Å². The van der Waals surface area contributed by atoms with Gasteiger partial charge in [0, 0.05) is 0 Å². The molecule has 0 aliphatic carbocycles. The molecule has 0 bridgehead atoms. The topological polar surface area (TPSA) is 84.9 Å². The van der Waals surface area contributed by atoms with Crippen LogP contribution < -0.4 is 19.1 Å². The van der Waals surface area contributed by atoms with Crippen molar-refractivity contribution in [3.8, 4) is 11.5 Å². The normalized spacial score (nSPS) is 13.8. The lowest BCUT2D eigenvalue weighted by Gasteiger charge is -2.25. The van der Waals surface area contributed by atoms with Crippen LogP contribution in [-0.2, 0) is 14.8 Å². The molecule has 0 fully saturated rings. The van der Waals surface area contributed by atoms with Crippen molar-refractivity contribution in [1.29, 1.82) is 0 Å². The summed E-state index contributed by atoms with van der Waals surface area (Å²) in [6.07, 6.45) is 0. The molecule has 4 rings (SSSR count). The Bertz CT molecular complexity index is 1180. The van der Waals surface area contributed by atoms with Crippen molar-refractivity contribution in [2.75, 3.05) is 24.1 Å². The number of nitrogens with zero attached hydrogens (tertiary/aromatic N) is 1. The van der Waals surface area contributed by atoms with Gasteiger partial charge in [-0.15, -0.1) is 0 Å². The molecule has 1 amide bonds. The van der Waals surface area contributed by atoms with E-state index in [2.05, 4.69) is 5.32 Å². The van der Waals surface area contributed by atoms with Gasteiger partial charge in [-0.1, -0.05) is 42.5 Å². The van der Waals surface area contributed by atoms with Gasteiger partial charge in [-0.2, -0.15) is 0 Å². The van der Waals surface area contributed by atoms with E-state index in [1.165, 1.54) is 12.1 Å². The van der Waals surface area contributed by atoms with E-state index < -0.39 is 15.9 Å². The van der Waals surface area contributed by atoms with Crippen LogP contribution in [0.2, 0.25) is 0 Å². The maximum atomic E-state index is 13.3. The molecule has 1 N–H and O–H groups in total. The lowest BCUT2D eigenvalue weighted by atomic mass is 10.1. The van der Waals surface area contributed by atoms with Crippen LogP contribution >= 0.6 is 0 Å². The van der Waals surface area contributed by atoms with E-state index in [0.717, 1.165) is 9.87 Å². The van der Waals surface area contributed by atoms with Gasteiger partial charge in [-0.05, 0) is 48.9 Å². The molecule has 1 atom stereocenters. The van der Waals surface area contributed by atoms with Gasteiger partial charge in [0.1, 0.15) is 19.8 Å². The average Bonchev–Trinajstić information content (AvgIpc) is 2.83. The Hall–Kier alpha value is -3.52. The fourth-order valence-corrected chi connectivity index (χ4v) is 4.90. The quantitative estimate of drug-likeness (QED) is 0.593. The molecule has 0 saturated heterocycles. The average molecular weight is 453 g/mol. The van der Waals surface area contributed by atoms with E-state index in [4.69, 9.17) is 9.47 Å². The maximum Gasteiger partial charge on any atom is 0.264 e. The number of para-hydroxylation sites is 1. The lowest BCUT2D eigenvalue weighted by Crippen LogP contribution is -2.41. The molecule has 0 unspecified atom stereocenters. The van der Waals surface area contributed by atoms with Crippen molar-refractivity contribution < 1.29 is 22.7 Å². The van der Waals surface area contributed by atoms with Crippen LogP contribution in [0, 0.1) is 0 Å². The number of hydrogen-bond donors (Lipinski definition) is 1. The molecule has 8 heteroatoms. The van der Waals surface area contributed by atoms with Crippen molar-refractivity contribution in [1.82, 2.24) is 5.32 Å². The summed E-state index contributed by atoms with van der Waals surface area (Å²) < 4.78 is 38.9. The van der Waals surface area contributed by atoms with Gasteiger partial charge in [0.2, 0.25) is 5.91 Å². The molecule has 1 aliphatic rings. The van der Waals surface area contributed by atoms with E-state index in [-0.39, 0.29) is 17.5 Å². The number of anilines is 1. The Morgan fingerprint density at radius 2 is 1.56 bits per heavy atom. The molecule has 166 valence electrons. The molecule has 0 aromatic heterocycles. The fraction of sp³-hybridized carbons (Fsp3) is 0.208. The largest absolute Gasteiger partial charge is 0.486 e. The summed E-state index contributed by atoms with van der Waals surface area (Å²) in [6, 6.07) is 21.8. The molecule has 7 nitrogen and oxygen atoms in total. The van der Waals surface area contributed by atoms with Crippen molar-refractivity contribution in [3.63, 3.8) is 0 Å². The molecule has 3 aromatic carbocycles. The minimum atomic E-state index is -3.93. The molecular weight excluding hydrogens is 428 g/mol. The summed E-state index contributed by atoms with van der Waals surface area (Å²) in [7, 11) is -3.93. The van der Waals surface area contributed by atoms with Crippen LogP contribution in [0.25, 0.3) is 0 Å². The molecule has 0 saturated carbocycles. The molecule has 0 radical (unpaired) electrons. The zero-order chi connectivity index (χ0) is 22.6. The standard InChI is InChI=1S/C24H24N2O5S/c1-18(19-12-13-22-23(16-19)31-15-14-30-22)25-24(27)17-26(20-8-4-2-5-9-20)32(28,29)21-10-6-3-7-11-21/h2-13,16,18H,14-15,17H2,1H3,(H,25,27)/t18-/m1/s1. The Labute approximate surface area is 187 Å². The Kier molecular flexibility index (Phi) is 6.32. The van der Waals surface area contributed by atoms with E-state index in [9.17, 15) is 13.2 Å². The summed E-state index contributed by atoms with van der Waals surface area (Å²) in [5.41, 5.74) is 1.25. The van der Waals surface area contributed by atoms with Crippen LogP contribution in [0.5, 0.6) is 11.5 Å². The minimum absolute atomic E-state index is 0.122. The third kappa shape index (κ3) is 4.70. The minimum Gasteiger partial charge on any atom is -0.486 e. The van der Waals surface area contributed by atoms with E-state index in [0.29, 0.717) is 30.4 Å². The summed E-state index contributed by atoms with van der Waals surface area (Å²) in [5.74, 6) is 0.880. The van der Waals surface area contributed by atoms with Gasteiger partial charge in [0.05, 0.1) is 16.6 Å². The second-order valence-corrected chi connectivity index (χ2v) is 9.21. The van der Waals surface area contributed by atoms with Gasteiger partial charge in [0.25, 0.3) is 10.0 Å². The SMILES string of the molecule is C[C@@H](NC(=O)CN(c1ccccc1)S(=O)(=O)c1ccccc1)c1ccc2c(c1)OCCO2. The third-order valence-corrected chi connectivity index (χ3v) is 6.89.